The summed E-state index contributed by atoms with van der Waals surface area (Å²) in [5.41, 5.74) is 5.67. The number of nitrogens with zero attached hydrogens (tertiary/aromatic N) is 1. The van der Waals surface area contributed by atoms with Crippen molar-refractivity contribution in [3.63, 3.8) is 0 Å². The molecule has 0 aliphatic rings. The van der Waals surface area contributed by atoms with Gasteiger partial charge in [0.15, 0.2) is 11.6 Å². The van der Waals surface area contributed by atoms with Gasteiger partial charge in [0.2, 0.25) is 10.0 Å². The maximum atomic E-state index is 13.5. The van der Waals surface area contributed by atoms with E-state index in [2.05, 4.69) is 14.9 Å². The van der Waals surface area contributed by atoms with Crippen molar-refractivity contribution in [1.29, 1.82) is 0 Å². The van der Waals surface area contributed by atoms with Gasteiger partial charge in [-0.1, -0.05) is 0 Å². The first-order valence-electron chi connectivity index (χ1n) is 5.12. The topological polar surface area (TPSA) is 101 Å². The molecule has 0 spiro atoms. The molecule has 9 heteroatoms. The summed E-state index contributed by atoms with van der Waals surface area (Å²) in [7, 11) is -4.20. The second kappa shape index (κ2) is 4.94. The van der Waals surface area contributed by atoms with Crippen LogP contribution in [0.2, 0.25) is 0 Å². The van der Waals surface area contributed by atoms with Crippen molar-refractivity contribution in [2.75, 3.05) is 5.73 Å². The summed E-state index contributed by atoms with van der Waals surface area (Å²) in [4.78, 5) is -0.825. The summed E-state index contributed by atoms with van der Waals surface area (Å²) in [5.74, 6) is -2.78. The Morgan fingerprint density at radius 2 is 2.11 bits per heavy atom. The lowest BCUT2D eigenvalue weighted by atomic mass is 10.3. The lowest BCUT2D eigenvalue weighted by Crippen LogP contribution is -2.24. The molecule has 102 valence electrons. The molecule has 6 nitrogen and oxygen atoms in total. The predicted octanol–water partition coefficient (Wildman–Crippen LogP) is 0.749. The second-order valence-corrected chi connectivity index (χ2v) is 5.48. The first-order valence-corrected chi connectivity index (χ1v) is 6.60. The van der Waals surface area contributed by atoms with E-state index in [0.717, 1.165) is 6.07 Å². The third-order valence-electron chi connectivity index (χ3n) is 2.33. The van der Waals surface area contributed by atoms with Crippen LogP contribution >= 0.6 is 0 Å². The number of anilines is 1. The first kappa shape index (κ1) is 13.4. The number of halogens is 2. The molecule has 0 radical (unpaired) electrons. The summed E-state index contributed by atoms with van der Waals surface area (Å²) in [5, 5.41) is 6.12. The van der Waals surface area contributed by atoms with Crippen molar-refractivity contribution in [1.82, 2.24) is 14.9 Å². The van der Waals surface area contributed by atoms with Crippen molar-refractivity contribution in [3.8, 4) is 0 Å². The van der Waals surface area contributed by atoms with Gasteiger partial charge in [-0.15, -0.1) is 0 Å². The van der Waals surface area contributed by atoms with Gasteiger partial charge in [0.1, 0.15) is 4.90 Å². The Morgan fingerprint density at radius 3 is 2.74 bits per heavy atom. The summed E-state index contributed by atoms with van der Waals surface area (Å²) in [6.07, 6.45) is 2.87. The van der Waals surface area contributed by atoms with Crippen molar-refractivity contribution in [2.45, 2.75) is 11.4 Å². The van der Waals surface area contributed by atoms with E-state index in [-0.39, 0.29) is 12.2 Å². The largest absolute Gasteiger partial charge is 0.399 e. The highest BCUT2D eigenvalue weighted by molar-refractivity contribution is 7.89. The highest BCUT2D eigenvalue weighted by Gasteiger charge is 2.22. The number of benzene rings is 1. The Kier molecular flexibility index (Phi) is 3.49. The molecule has 0 fully saturated rings. The highest BCUT2D eigenvalue weighted by atomic mass is 32.2. The zero-order chi connectivity index (χ0) is 14.0. The summed E-state index contributed by atoms with van der Waals surface area (Å²) >= 11 is 0. The Balaban J connectivity index is 2.29. The average Bonchev–Trinajstić information content (AvgIpc) is 2.84. The third-order valence-corrected chi connectivity index (χ3v) is 3.73. The molecular formula is C10H10F2N4O2S. The monoisotopic (exact) mass is 288 g/mol. The van der Waals surface area contributed by atoms with Crippen molar-refractivity contribution < 1.29 is 17.2 Å². The van der Waals surface area contributed by atoms with Gasteiger partial charge >= 0.3 is 0 Å². The zero-order valence-electron chi connectivity index (χ0n) is 9.52. The van der Waals surface area contributed by atoms with Gasteiger partial charge in [-0.2, -0.15) is 5.10 Å². The Labute approximate surface area is 107 Å². The van der Waals surface area contributed by atoms with Gasteiger partial charge in [-0.3, -0.25) is 5.10 Å². The van der Waals surface area contributed by atoms with Gasteiger partial charge in [-0.05, 0) is 12.1 Å². The standard InChI is InChI=1S/C10H10F2N4O2S/c11-8-1-7(13)2-9(10(8)12)19(17,18)16-5-6-3-14-15-4-6/h1-4,16H,5,13H2,(H,14,15). The molecule has 2 aromatic rings. The summed E-state index contributed by atoms with van der Waals surface area (Å²) in [6, 6.07) is 1.57. The molecule has 4 N–H and O–H groups in total. The van der Waals surface area contributed by atoms with E-state index in [1.807, 2.05) is 0 Å². The summed E-state index contributed by atoms with van der Waals surface area (Å²) in [6.45, 7) is -0.102. The maximum Gasteiger partial charge on any atom is 0.243 e. The van der Waals surface area contributed by atoms with Crippen molar-refractivity contribution in [3.05, 3.63) is 41.7 Å². The predicted molar refractivity (Wildman–Crippen MR) is 63.4 cm³/mol. The summed E-state index contributed by atoms with van der Waals surface area (Å²) < 4.78 is 52.4. The Morgan fingerprint density at radius 1 is 1.37 bits per heavy atom. The van der Waals surface area contributed by atoms with Crippen LogP contribution in [0.4, 0.5) is 14.5 Å². The van der Waals surface area contributed by atoms with Crippen molar-refractivity contribution in [2.24, 2.45) is 0 Å². The number of nitrogens with two attached hydrogens (primary N) is 1. The van der Waals surface area contributed by atoms with E-state index in [1.54, 1.807) is 0 Å². The molecule has 0 saturated heterocycles. The molecule has 0 aliphatic heterocycles. The van der Waals surface area contributed by atoms with E-state index < -0.39 is 26.6 Å². The van der Waals surface area contributed by atoms with Crippen LogP contribution in [0.3, 0.4) is 0 Å². The van der Waals surface area contributed by atoms with Gasteiger partial charge < -0.3 is 5.73 Å². The molecule has 1 heterocycles. The second-order valence-electron chi connectivity index (χ2n) is 3.75. The molecule has 0 atom stereocenters. The Hall–Kier alpha value is -2.00. The van der Waals surface area contributed by atoms with Crippen molar-refractivity contribution >= 4 is 15.7 Å². The van der Waals surface area contributed by atoms with Crippen LogP contribution in [-0.2, 0) is 16.6 Å². The molecule has 19 heavy (non-hydrogen) atoms. The van der Waals surface area contributed by atoms with Gasteiger partial charge in [0.25, 0.3) is 0 Å². The molecule has 2 rings (SSSR count). The van der Waals surface area contributed by atoms with Crippen LogP contribution in [0.25, 0.3) is 0 Å². The number of aromatic nitrogens is 2. The lowest BCUT2D eigenvalue weighted by Gasteiger charge is -2.08. The molecule has 0 amide bonds. The molecule has 0 saturated carbocycles. The number of nitrogen functional groups attached to an aromatic ring is 1. The smallest absolute Gasteiger partial charge is 0.243 e. The van der Waals surface area contributed by atoms with E-state index in [4.69, 9.17) is 5.73 Å². The van der Waals surface area contributed by atoms with E-state index in [0.29, 0.717) is 11.6 Å². The number of sulfonamides is 1. The van der Waals surface area contributed by atoms with E-state index >= 15 is 0 Å². The number of aromatic amines is 1. The van der Waals surface area contributed by atoms with E-state index in [9.17, 15) is 17.2 Å². The number of H-pyrrole nitrogens is 1. The SMILES string of the molecule is Nc1cc(F)c(F)c(S(=O)(=O)NCc2cn[nH]c2)c1. The number of nitrogens with one attached hydrogen (secondary N) is 2. The lowest BCUT2D eigenvalue weighted by molar-refractivity contribution is 0.484. The van der Waals surface area contributed by atoms with E-state index in [1.165, 1.54) is 12.4 Å². The van der Waals surface area contributed by atoms with Gasteiger partial charge in [0.05, 0.1) is 6.20 Å². The number of hydrogen-bond acceptors (Lipinski definition) is 4. The average molecular weight is 288 g/mol. The minimum Gasteiger partial charge on any atom is -0.399 e. The Bertz CT molecular complexity index is 686. The van der Waals surface area contributed by atoms with Gasteiger partial charge in [0, 0.05) is 24.0 Å². The van der Waals surface area contributed by atoms with Crippen LogP contribution in [-0.4, -0.2) is 18.6 Å². The minimum absolute atomic E-state index is 0.102. The maximum absolute atomic E-state index is 13.5. The molecule has 0 unspecified atom stereocenters. The molecule has 0 bridgehead atoms. The van der Waals surface area contributed by atoms with Crippen LogP contribution < -0.4 is 10.5 Å². The highest BCUT2D eigenvalue weighted by Crippen LogP contribution is 2.21. The quantitative estimate of drug-likeness (QED) is 0.722. The molecule has 1 aromatic carbocycles. The number of rotatable bonds is 4. The molecular weight excluding hydrogens is 278 g/mol. The van der Waals surface area contributed by atoms with Crippen LogP contribution in [0.15, 0.2) is 29.4 Å². The molecule has 0 aliphatic carbocycles. The van der Waals surface area contributed by atoms with Gasteiger partial charge in [-0.25, -0.2) is 21.9 Å². The first-order chi connectivity index (χ1) is 8.90. The fourth-order valence-corrected chi connectivity index (χ4v) is 2.55. The van der Waals surface area contributed by atoms with Crippen LogP contribution in [0.5, 0.6) is 0 Å². The number of hydrogen-bond donors (Lipinski definition) is 3. The third kappa shape index (κ3) is 2.88. The fourth-order valence-electron chi connectivity index (χ4n) is 1.41. The molecule has 1 aromatic heterocycles. The van der Waals surface area contributed by atoms with Crippen LogP contribution in [0.1, 0.15) is 5.56 Å². The van der Waals surface area contributed by atoms with Crippen LogP contribution in [0, 0.1) is 11.6 Å². The minimum atomic E-state index is -4.20. The fraction of sp³-hybridized carbons (Fsp3) is 0.100. The zero-order valence-corrected chi connectivity index (χ0v) is 10.3. The normalized spacial score (nSPS) is 11.7.